The van der Waals surface area contributed by atoms with Crippen LogP contribution in [0.3, 0.4) is 0 Å². The number of aromatic nitrogens is 2. The average molecular weight is 303 g/mol. The van der Waals surface area contributed by atoms with Crippen molar-refractivity contribution in [1.82, 2.24) is 13.9 Å². The molecule has 7 nitrogen and oxygen atoms in total. The maximum absolute atomic E-state index is 12.3. The maximum atomic E-state index is 12.3. The van der Waals surface area contributed by atoms with Crippen molar-refractivity contribution in [2.24, 2.45) is 0 Å². The molecular weight excluding hydrogens is 282 g/mol. The van der Waals surface area contributed by atoms with E-state index in [9.17, 15) is 13.2 Å². The number of rotatable bonds is 7. The second kappa shape index (κ2) is 6.85. The lowest BCUT2D eigenvalue weighted by atomic mass is 10.5. The first-order valence-electron chi connectivity index (χ1n) is 6.48. The molecule has 0 saturated carbocycles. The highest BCUT2D eigenvalue weighted by Crippen LogP contribution is 2.14. The summed E-state index contributed by atoms with van der Waals surface area (Å²) in [6.07, 6.45) is 2.38. The summed E-state index contributed by atoms with van der Waals surface area (Å²) < 4.78 is 32.0. The molecule has 0 saturated heterocycles. The monoisotopic (exact) mass is 303 g/mol. The third kappa shape index (κ3) is 3.80. The molecule has 1 rings (SSSR count). The molecular formula is C12H21N3O4S. The van der Waals surface area contributed by atoms with Gasteiger partial charge in [0.05, 0.1) is 6.61 Å². The number of nitrogens with zero attached hydrogens (tertiary/aromatic N) is 3. The van der Waals surface area contributed by atoms with Gasteiger partial charge in [-0.15, -0.1) is 0 Å². The van der Waals surface area contributed by atoms with Crippen molar-refractivity contribution in [2.75, 3.05) is 20.2 Å². The van der Waals surface area contributed by atoms with Gasteiger partial charge in [-0.05, 0) is 20.3 Å². The summed E-state index contributed by atoms with van der Waals surface area (Å²) in [6.45, 7) is 6.02. The molecule has 1 aromatic rings. The Labute approximate surface area is 119 Å². The Morgan fingerprint density at radius 2 is 2.10 bits per heavy atom. The second-order valence-electron chi connectivity index (χ2n) is 4.39. The summed E-state index contributed by atoms with van der Waals surface area (Å²) in [6, 6.07) is 0. The van der Waals surface area contributed by atoms with Gasteiger partial charge in [-0.2, -0.15) is 4.31 Å². The van der Waals surface area contributed by atoms with Gasteiger partial charge in [0, 0.05) is 19.8 Å². The van der Waals surface area contributed by atoms with E-state index in [1.54, 1.807) is 18.4 Å². The number of ether oxygens (including phenoxy) is 1. The van der Waals surface area contributed by atoms with Crippen LogP contribution < -0.4 is 0 Å². The summed E-state index contributed by atoms with van der Waals surface area (Å²) in [7, 11) is -2.44. The molecule has 0 radical (unpaired) electrons. The van der Waals surface area contributed by atoms with Gasteiger partial charge in [-0.3, -0.25) is 4.79 Å². The lowest BCUT2D eigenvalue weighted by molar-refractivity contribution is -0.143. The summed E-state index contributed by atoms with van der Waals surface area (Å²) in [5, 5.41) is -0.0461. The molecule has 114 valence electrons. The molecule has 1 aromatic heterocycles. The summed E-state index contributed by atoms with van der Waals surface area (Å²) in [5.74, 6) is 0.0539. The van der Waals surface area contributed by atoms with Crippen LogP contribution in [0, 0.1) is 6.92 Å². The maximum Gasteiger partial charge on any atom is 0.321 e. The van der Waals surface area contributed by atoms with Gasteiger partial charge >= 0.3 is 5.97 Å². The van der Waals surface area contributed by atoms with Crippen LogP contribution >= 0.6 is 0 Å². The molecule has 8 heteroatoms. The van der Waals surface area contributed by atoms with E-state index in [-0.39, 0.29) is 18.2 Å². The minimum absolute atomic E-state index is 0.0461. The first kappa shape index (κ1) is 16.6. The number of sulfonamides is 1. The normalized spacial score (nSPS) is 11.8. The van der Waals surface area contributed by atoms with Crippen LogP contribution in [0.5, 0.6) is 0 Å². The molecule has 0 aliphatic heterocycles. The first-order chi connectivity index (χ1) is 9.32. The van der Waals surface area contributed by atoms with Crippen molar-refractivity contribution in [2.45, 2.75) is 38.8 Å². The van der Waals surface area contributed by atoms with Crippen LogP contribution in [0.15, 0.2) is 11.2 Å². The first-order valence-corrected chi connectivity index (χ1v) is 7.92. The minimum atomic E-state index is -3.77. The fourth-order valence-corrected chi connectivity index (χ4v) is 2.81. The highest BCUT2D eigenvalue weighted by molar-refractivity contribution is 7.89. The van der Waals surface area contributed by atoms with Gasteiger partial charge in [0.15, 0.2) is 5.03 Å². The molecule has 0 aliphatic rings. The number of hydrogen-bond acceptors (Lipinski definition) is 5. The van der Waals surface area contributed by atoms with Crippen LogP contribution in [-0.4, -0.2) is 48.4 Å². The average Bonchev–Trinajstić information content (AvgIpc) is 2.72. The summed E-state index contributed by atoms with van der Waals surface area (Å²) >= 11 is 0. The SMILES string of the molecule is CCCn1cc(S(=O)(=O)N(C)CC(=O)OCC)nc1C. The second-order valence-corrected chi connectivity index (χ2v) is 6.38. The van der Waals surface area contributed by atoms with Gasteiger partial charge in [0.1, 0.15) is 12.4 Å². The van der Waals surface area contributed by atoms with Gasteiger partial charge < -0.3 is 9.30 Å². The number of carbonyl (C=O) groups is 1. The molecule has 0 N–H and O–H groups in total. The zero-order chi connectivity index (χ0) is 15.3. The van der Waals surface area contributed by atoms with Crippen molar-refractivity contribution in [3.63, 3.8) is 0 Å². The topological polar surface area (TPSA) is 81.5 Å². The van der Waals surface area contributed by atoms with Gasteiger partial charge in [0.2, 0.25) is 0 Å². The van der Waals surface area contributed by atoms with E-state index in [2.05, 4.69) is 4.98 Å². The van der Waals surface area contributed by atoms with Crippen LogP contribution in [0.2, 0.25) is 0 Å². The molecule has 0 bridgehead atoms. The zero-order valence-corrected chi connectivity index (χ0v) is 13.1. The molecule has 0 aliphatic carbocycles. The van der Waals surface area contributed by atoms with Crippen LogP contribution in [0.4, 0.5) is 0 Å². The van der Waals surface area contributed by atoms with E-state index in [0.717, 1.165) is 10.7 Å². The lowest BCUT2D eigenvalue weighted by Crippen LogP contribution is -2.33. The smallest absolute Gasteiger partial charge is 0.321 e. The number of esters is 1. The third-order valence-corrected chi connectivity index (χ3v) is 4.43. The van der Waals surface area contributed by atoms with E-state index in [1.807, 2.05) is 6.92 Å². The Kier molecular flexibility index (Phi) is 5.70. The molecule has 0 amide bonds. The van der Waals surface area contributed by atoms with Crippen LogP contribution in [0.25, 0.3) is 0 Å². The Morgan fingerprint density at radius 3 is 2.65 bits per heavy atom. The summed E-state index contributed by atoms with van der Waals surface area (Å²) in [5.41, 5.74) is 0. The molecule has 0 atom stereocenters. The van der Waals surface area contributed by atoms with Gasteiger partial charge in [0.25, 0.3) is 10.0 Å². The predicted molar refractivity (Wildman–Crippen MR) is 73.7 cm³/mol. The molecule has 0 unspecified atom stereocenters. The van der Waals surface area contributed by atoms with E-state index in [0.29, 0.717) is 12.4 Å². The fourth-order valence-electron chi connectivity index (χ4n) is 1.70. The van der Waals surface area contributed by atoms with E-state index < -0.39 is 16.0 Å². The Balaban J connectivity index is 2.92. The van der Waals surface area contributed by atoms with Crippen molar-refractivity contribution in [3.8, 4) is 0 Å². The van der Waals surface area contributed by atoms with Gasteiger partial charge in [-0.25, -0.2) is 13.4 Å². The lowest BCUT2D eigenvalue weighted by Gasteiger charge is -2.14. The van der Waals surface area contributed by atoms with Crippen LogP contribution in [-0.2, 0) is 26.1 Å². The number of aryl methyl sites for hydroxylation is 2. The van der Waals surface area contributed by atoms with Crippen molar-refractivity contribution in [1.29, 1.82) is 0 Å². The van der Waals surface area contributed by atoms with Crippen molar-refractivity contribution < 1.29 is 17.9 Å². The number of carbonyl (C=O) groups excluding carboxylic acids is 1. The predicted octanol–water partition coefficient (Wildman–Crippen LogP) is 0.785. The zero-order valence-electron chi connectivity index (χ0n) is 12.3. The number of likely N-dealkylation sites (N-methyl/N-ethyl adjacent to an activating group) is 1. The largest absolute Gasteiger partial charge is 0.465 e. The number of imidazole rings is 1. The van der Waals surface area contributed by atoms with E-state index in [1.165, 1.54) is 13.2 Å². The summed E-state index contributed by atoms with van der Waals surface area (Å²) in [4.78, 5) is 15.4. The highest BCUT2D eigenvalue weighted by Gasteiger charge is 2.26. The standard InChI is InChI=1S/C12H21N3O4S/c1-5-7-15-8-11(13-10(15)3)20(17,18)14(4)9-12(16)19-6-2/h8H,5-7,9H2,1-4H3. The van der Waals surface area contributed by atoms with Crippen molar-refractivity contribution in [3.05, 3.63) is 12.0 Å². The molecule has 20 heavy (non-hydrogen) atoms. The van der Waals surface area contributed by atoms with E-state index >= 15 is 0 Å². The molecule has 1 heterocycles. The molecule has 0 fully saturated rings. The Bertz CT molecular complexity index is 565. The van der Waals surface area contributed by atoms with Gasteiger partial charge in [-0.1, -0.05) is 6.92 Å². The number of hydrogen-bond donors (Lipinski definition) is 0. The highest BCUT2D eigenvalue weighted by atomic mass is 32.2. The fraction of sp³-hybridized carbons (Fsp3) is 0.667. The Hall–Kier alpha value is -1.41. The Morgan fingerprint density at radius 1 is 1.45 bits per heavy atom. The minimum Gasteiger partial charge on any atom is -0.465 e. The quantitative estimate of drug-likeness (QED) is 0.695. The third-order valence-electron chi connectivity index (χ3n) is 2.75. The van der Waals surface area contributed by atoms with Crippen molar-refractivity contribution >= 4 is 16.0 Å². The molecule has 0 aromatic carbocycles. The van der Waals surface area contributed by atoms with Crippen LogP contribution in [0.1, 0.15) is 26.1 Å². The molecule has 0 spiro atoms. The van der Waals surface area contributed by atoms with E-state index in [4.69, 9.17) is 4.74 Å².